The number of hydrogen-bond acceptors (Lipinski definition) is 2. The molecule has 20 heavy (non-hydrogen) atoms. The van der Waals surface area contributed by atoms with Gasteiger partial charge in [0.1, 0.15) is 0 Å². The van der Waals surface area contributed by atoms with Gasteiger partial charge in [-0.15, -0.1) is 0 Å². The van der Waals surface area contributed by atoms with Crippen molar-refractivity contribution in [3.8, 4) is 11.1 Å². The Hall–Kier alpha value is -1.40. The van der Waals surface area contributed by atoms with Gasteiger partial charge in [0, 0.05) is 9.61 Å². The minimum Gasteiger partial charge on any atom is -0.481 e. The van der Waals surface area contributed by atoms with Gasteiger partial charge in [0.25, 0.3) is 0 Å². The number of benzene rings is 2. The van der Waals surface area contributed by atoms with Gasteiger partial charge in [-0.2, -0.15) is 0 Å². The van der Waals surface area contributed by atoms with Gasteiger partial charge < -0.3 is 10.8 Å². The molecule has 0 spiro atoms. The first-order chi connectivity index (χ1) is 9.58. The van der Waals surface area contributed by atoms with E-state index in [4.69, 9.17) is 10.8 Å². The van der Waals surface area contributed by atoms with Gasteiger partial charge in [-0.3, -0.25) is 4.79 Å². The molecule has 2 aromatic carbocycles. The maximum atomic E-state index is 10.7. The highest BCUT2D eigenvalue weighted by Gasteiger charge is 2.13. The van der Waals surface area contributed by atoms with E-state index < -0.39 is 5.97 Å². The molecule has 0 aliphatic carbocycles. The van der Waals surface area contributed by atoms with Crippen molar-refractivity contribution in [1.82, 2.24) is 0 Å². The van der Waals surface area contributed by atoms with Gasteiger partial charge in [-0.05, 0) is 51.8 Å². The third-order valence-electron chi connectivity index (χ3n) is 3.10. The Morgan fingerprint density at radius 1 is 1.10 bits per heavy atom. The quantitative estimate of drug-likeness (QED) is 0.782. The fourth-order valence-corrected chi connectivity index (χ4v) is 2.90. The molecule has 0 bridgehead atoms. The zero-order valence-corrected chi connectivity index (χ0v) is 13.1. The molecule has 0 saturated carbocycles. The van der Waals surface area contributed by atoms with Gasteiger partial charge in [0.05, 0.1) is 6.42 Å². The SMILES string of the molecule is NC(CC(=O)O)Cc1ccccc1-c1ccccc1I. The van der Waals surface area contributed by atoms with Gasteiger partial charge in [-0.1, -0.05) is 42.5 Å². The second-order valence-electron chi connectivity index (χ2n) is 4.70. The molecule has 2 aromatic rings. The highest BCUT2D eigenvalue weighted by atomic mass is 127. The van der Waals surface area contributed by atoms with Crippen LogP contribution in [-0.4, -0.2) is 17.1 Å². The Morgan fingerprint density at radius 3 is 2.35 bits per heavy atom. The lowest BCUT2D eigenvalue weighted by Gasteiger charge is -2.14. The molecule has 0 radical (unpaired) electrons. The van der Waals surface area contributed by atoms with Gasteiger partial charge >= 0.3 is 5.97 Å². The molecular formula is C16H16INO2. The van der Waals surface area contributed by atoms with Crippen LogP contribution in [0, 0.1) is 3.57 Å². The smallest absolute Gasteiger partial charge is 0.304 e. The van der Waals surface area contributed by atoms with E-state index in [2.05, 4.69) is 40.8 Å². The lowest BCUT2D eigenvalue weighted by molar-refractivity contribution is -0.137. The summed E-state index contributed by atoms with van der Waals surface area (Å²) in [5, 5.41) is 8.81. The number of halogens is 1. The van der Waals surface area contributed by atoms with E-state index in [9.17, 15) is 4.79 Å². The molecule has 0 aliphatic heterocycles. The summed E-state index contributed by atoms with van der Waals surface area (Å²) in [5.41, 5.74) is 9.28. The minimum atomic E-state index is -0.857. The fourth-order valence-electron chi connectivity index (χ4n) is 2.22. The zero-order valence-electron chi connectivity index (χ0n) is 10.9. The second-order valence-corrected chi connectivity index (χ2v) is 5.86. The van der Waals surface area contributed by atoms with E-state index in [0.29, 0.717) is 6.42 Å². The predicted molar refractivity (Wildman–Crippen MR) is 88.5 cm³/mol. The molecule has 0 aromatic heterocycles. The average Bonchev–Trinajstić information content (AvgIpc) is 2.39. The topological polar surface area (TPSA) is 63.3 Å². The molecule has 0 amide bonds. The summed E-state index contributed by atoms with van der Waals surface area (Å²) in [5.74, 6) is -0.857. The largest absolute Gasteiger partial charge is 0.481 e. The Labute approximate surface area is 132 Å². The number of carboxylic acid groups (broad SMARTS) is 1. The summed E-state index contributed by atoms with van der Waals surface area (Å²) in [6.45, 7) is 0. The predicted octanol–water partition coefficient (Wildman–Crippen LogP) is 3.30. The van der Waals surface area contributed by atoms with Gasteiger partial charge in [0.2, 0.25) is 0 Å². The van der Waals surface area contributed by atoms with Crippen molar-refractivity contribution in [2.45, 2.75) is 18.9 Å². The first-order valence-corrected chi connectivity index (χ1v) is 7.46. The lowest BCUT2D eigenvalue weighted by atomic mass is 9.94. The minimum absolute atomic E-state index is 0.0137. The van der Waals surface area contributed by atoms with Gasteiger partial charge in [0.15, 0.2) is 0 Å². The second kappa shape index (κ2) is 6.85. The van der Waals surface area contributed by atoms with E-state index in [1.807, 2.05) is 30.3 Å². The lowest BCUT2D eigenvalue weighted by Crippen LogP contribution is -2.26. The van der Waals surface area contributed by atoms with Crippen LogP contribution in [0.4, 0.5) is 0 Å². The van der Waals surface area contributed by atoms with E-state index in [1.165, 1.54) is 3.57 Å². The van der Waals surface area contributed by atoms with Crippen molar-refractivity contribution in [2.24, 2.45) is 5.73 Å². The molecule has 0 heterocycles. The molecule has 4 heteroatoms. The van der Waals surface area contributed by atoms with Crippen LogP contribution in [0.25, 0.3) is 11.1 Å². The van der Waals surface area contributed by atoms with Crippen LogP contribution in [0.1, 0.15) is 12.0 Å². The third kappa shape index (κ3) is 3.80. The number of hydrogen-bond donors (Lipinski definition) is 2. The number of rotatable bonds is 5. The molecule has 0 fully saturated rings. The van der Waals surface area contributed by atoms with E-state index in [1.54, 1.807) is 0 Å². The molecule has 1 unspecified atom stereocenters. The molecule has 0 saturated heterocycles. The maximum absolute atomic E-state index is 10.7. The first-order valence-electron chi connectivity index (χ1n) is 6.38. The number of carbonyl (C=O) groups is 1. The van der Waals surface area contributed by atoms with Crippen molar-refractivity contribution < 1.29 is 9.90 Å². The van der Waals surface area contributed by atoms with E-state index in [0.717, 1.165) is 16.7 Å². The standard InChI is InChI=1S/C16H16INO2/c17-15-8-4-3-7-14(15)13-6-2-1-5-11(13)9-12(18)10-16(19)20/h1-8,12H,9-10,18H2,(H,19,20). The fraction of sp³-hybridized carbons (Fsp3) is 0.188. The Balaban J connectivity index is 2.32. The van der Waals surface area contributed by atoms with Crippen LogP contribution >= 0.6 is 22.6 Å². The normalized spacial score (nSPS) is 12.1. The molecule has 3 N–H and O–H groups in total. The van der Waals surface area contributed by atoms with Crippen LogP contribution in [0.3, 0.4) is 0 Å². The Kier molecular flexibility index (Phi) is 5.14. The summed E-state index contributed by atoms with van der Waals surface area (Å²) in [6.07, 6.45) is 0.549. The Bertz CT molecular complexity index is 613. The van der Waals surface area contributed by atoms with E-state index >= 15 is 0 Å². The van der Waals surface area contributed by atoms with Crippen LogP contribution in [0.15, 0.2) is 48.5 Å². The molecule has 3 nitrogen and oxygen atoms in total. The maximum Gasteiger partial charge on any atom is 0.304 e. The van der Waals surface area contributed by atoms with Crippen molar-refractivity contribution in [3.05, 3.63) is 57.7 Å². The summed E-state index contributed by atoms with van der Waals surface area (Å²) < 4.78 is 1.17. The monoisotopic (exact) mass is 381 g/mol. The zero-order chi connectivity index (χ0) is 14.5. The molecule has 1 atom stereocenters. The Morgan fingerprint density at radius 2 is 1.70 bits per heavy atom. The molecule has 104 valence electrons. The van der Waals surface area contributed by atoms with E-state index in [-0.39, 0.29) is 12.5 Å². The molecular weight excluding hydrogens is 365 g/mol. The van der Waals surface area contributed by atoms with Crippen molar-refractivity contribution in [3.63, 3.8) is 0 Å². The highest BCUT2D eigenvalue weighted by molar-refractivity contribution is 14.1. The molecule has 0 aliphatic rings. The van der Waals surface area contributed by atoms with Crippen molar-refractivity contribution >= 4 is 28.6 Å². The summed E-state index contributed by atoms with van der Waals surface area (Å²) in [4.78, 5) is 10.7. The summed E-state index contributed by atoms with van der Waals surface area (Å²) in [6, 6.07) is 15.8. The van der Waals surface area contributed by atoms with Crippen LogP contribution in [-0.2, 0) is 11.2 Å². The van der Waals surface area contributed by atoms with Crippen molar-refractivity contribution in [1.29, 1.82) is 0 Å². The number of nitrogens with two attached hydrogens (primary N) is 1. The third-order valence-corrected chi connectivity index (χ3v) is 4.04. The van der Waals surface area contributed by atoms with Crippen LogP contribution < -0.4 is 5.73 Å². The summed E-state index contributed by atoms with van der Waals surface area (Å²) in [7, 11) is 0. The summed E-state index contributed by atoms with van der Waals surface area (Å²) >= 11 is 2.31. The number of aliphatic carboxylic acids is 1. The first kappa shape index (κ1) is 15.0. The van der Waals surface area contributed by atoms with Crippen LogP contribution in [0.5, 0.6) is 0 Å². The number of carboxylic acids is 1. The molecule has 2 rings (SSSR count). The van der Waals surface area contributed by atoms with Crippen molar-refractivity contribution in [2.75, 3.05) is 0 Å². The highest BCUT2D eigenvalue weighted by Crippen LogP contribution is 2.28. The average molecular weight is 381 g/mol. The van der Waals surface area contributed by atoms with Gasteiger partial charge in [-0.25, -0.2) is 0 Å². The van der Waals surface area contributed by atoms with Crippen LogP contribution in [0.2, 0.25) is 0 Å².